The smallest absolute Gasteiger partial charge is 0.0858 e. The highest BCUT2D eigenvalue weighted by molar-refractivity contribution is 7.09. The molecule has 1 aromatic heterocycles. The van der Waals surface area contributed by atoms with Crippen LogP contribution in [-0.4, -0.2) is 17.7 Å². The van der Waals surface area contributed by atoms with Gasteiger partial charge in [-0.05, 0) is 6.92 Å². The van der Waals surface area contributed by atoms with Crippen molar-refractivity contribution in [2.45, 2.75) is 19.4 Å². The summed E-state index contributed by atoms with van der Waals surface area (Å²) in [6.07, 6.45) is 1.57. The summed E-state index contributed by atoms with van der Waals surface area (Å²) in [5, 5.41) is 0. The van der Waals surface area contributed by atoms with Crippen LogP contribution in [0.25, 0.3) is 0 Å². The fourth-order valence-electron chi connectivity index (χ4n) is 0.915. The van der Waals surface area contributed by atoms with Gasteiger partial charge in [0.1, 0.15) is 0 Å². The molecule has 3 heteroatoms. The summed E-state index contributed by atoms with van der Waals surface area (Å²) >= 11 is 1.73. The second kappa shape index (κ2) is 2.32. The third-order valence-corrected chi connectivity index (χ3v) is 2.62. The van der Waals surface area contributed by atoms with Crippen molar-refractivity contribution in [2.24, 2.45) is 0 Å². The van der Waals surface area contributed by atoms with Crippen LogP contribution in [0.2, 0.25) is 0 Å². The molecule has 10 heavy (non-hydrogen) atoms. The minimum Gasteiger partial charge on any atom is -0.373 e. The van der Waals surface area contributed by atoms with Crippen LogP contribution in [-0.2, 0) is 11.2 Å². The zero-order chi connectivity index (χ0) is 6.97. The maximum Gasteiger partial charge on any atom is 0.0858 e. The minimum atomic E-state index is 0.499. The van der Waals surface area contributed by atoms with Crippen molar-refractivity contribution in [3.05, 3.63) is 16.1 Å². The molecule has 54 valence electrons. The molecule has 1 aromatic rings. The third kappa shape index (κ3) is 1.20. The Morgan fingerprint density at radius 2 is 2.70 bits per heavy atom. The number of hydrogen-bond donors (Lipinski definition) is 0. The average molecular weight is 155 g/mol. The quantitative estimate of drug-likeness (QED) is 0.603. The summed E-state index contributed by atoms with van der Waals surface area (Å²) in [7, 11) is 0. The summed E-state index contributed by atoms with van der Waals surface area (Å²) in [6, 6.07) is 0. The molecule has 1 aliphatic heterocycles. The normalized spacial score (nSPS) is 23.1. The van der Waals surface area contributed by atoms with Gasteiger partial charge in [-0.3, -0.25) is 0 Å². The maximum absolute atomic E-state index is 5.12. The van der Waals surface area contributed by atoms with Crippen LogP contribution in [0.3, 0.4) is 0 Å². The lowest BCUT2D eigenvalue weighted by Crippen LogP contribution is -1.91. The minimum absolute atomic E-state index is 0.499. The van der Waals surface area contributed by atoms with Gasteiger partial charge in [-0.15, -0.1) is 11.3 Å². The molecule has 0 saturated carbocycles. The SMILES string of the molecule is Cc1ncsc1C[C@@H]1CO1. The number of epoxide rings is 1. The van der Waals surface area contributed by atoms with E-state index in [0.29, 0.717) is 6.10 Å². The van der Waals surface area contributed by atoms with Crippen LogP contribution >= 0.6 is 11.3 Å². The first-order valence-corrected chi connectivity index (χ1v) is 4.25. The van der Waals surface area contributed by atoms with Crippen molar-refractivity contribution in [1.29, 1.82) is 0 Å². The van der Waals surface area contributed by atoms with E-state index in [0.717, 1.165) is 13.0 Å². The van der Waals surface area contributed by atoms with Crippen molar-refractivity contribution in [1.82, 2.24) is 4.98 Å². The second-order valence-corrected chi connectivity index (χ2v) is 3.46. The molecule has 1 aliphatic rings. The fourth-order valence-corrected chi connectivity index (χ4v) is 1.76. The van der Waals surface area contributed by atoms with Crippen molar-refractivity contribution in [2.75, 3.05) is 6.61 Å². The first kappa shape index (κ1) is 6.31. The molecular weight excluding hydrogens is 146 g/mol. The van der Waals surface area contributed by atoms with Gasteiger partial charge in [-0.25, -0.2) is 4.98 Å². The van der Waals surface area contributed by atoms with Gasteiger partial charge in [0.05, 0.1) is 23.9 Å². The van der Waals surface area contributed by atoms with E-state index in [1.54, 1.807) is 11.3 Å². The summed E-state index contributed by atoms with van der Waals surface area (Å²) in [5.41, 5.74) is 3.06. The molecule has 0 aromatic carbocycles. The lowest BCUT2D eigenvalue weighted by molar-refractivity contribution is 0.408. The molecule has 0 unspecified atom stereocenters. The largest absolute Gasteiger partial charge is 0.373 e. The number of aryl methyl sites for hydroxylation is 1. The molecule has 1 fully saturated rings. The van der Waals surface area contributed by atoms with Gasteiger partial charge in [-0.1, -0.05) is 0 Å². The van der Waals surface area contributed by atoms with E-state index in [2.05, 4.69) is 4.98 Å². The number of hydrogen-bond acceptors (Lipinski definition) is 3. The lowest BCUT2D eigenvalue weighted by Gasteiger charge is -1.90. The molecular formula is C7H9NOS. The molecule has 2 heterocycles. The molecule has 1 saturated heterocycles. The van der Waals surface area contributed by atoms with Gasteiger partial charge >= 0.3 is 0 Å². The molecule has 0 spiro atoms. The van der Waals surface area contributed by atoms with Crippen LogP contribution < -0.4 is 0 Å². The van der Waals surface area contributed by atoms with Crippen molar-refractivity contribution >= 4 is 11.3 Å². The average Bonchev–Trinajstić information content (AvgIpc) is 2.62. The molecule has 2 nitrogen and oxygen atoms in total. The van der Waals surface area contributed by atoms with Crippen LogP contribution in [0.15, 0.2) is 5.51 Å². The Balaban J connectivity index is 2.08. The van der Waals surface area contributed by atoms with Crippen molar-refractivity contribution in [3.8, 4) is 0 Å². The Morgan fingerprint density at radius 1 is 1.90 bits per heavy atom. The van der Waals surface area contributed by atoms with Gasteiger partial charge in [0.25, 0.3) is 0 Å². The summed E-state index contributed by atoms with van der Waals surface area (Å²) < 4.78 is 5.12. The molecule has 0 N–H and O–H groups in total. The van der Waals surface area contributed by atoms with Crippen LogP contribution in [0.4, 0.5) is 0 Å². The Kier molecular flexibility index (Phi) is 1.47. The predicted octanol–water partition coefficient (Wildman–Crippen LogP) is 1.39. The standard InChI is InChI=1S/C7H9NOS/c1-5-7(10-4-8-5)2-6-3-9-6/h4,6H,2-3H2,1H3/t6-/m1/s1. The highest BCUT2D eigenvalue weighted by Gasteiger charge is 2.23. The van der Waals surface area contributed by atoms with Crippen LogP contribution in [0.5, 0.6) is 0 Å². The van der Waals surface area contributed by atoms with Gasteiger partial charge < -0.3 is 4.74 Å². The first-order chi connectivity index (χ1) is 4.86. The van der Waals surface area contributed by atoms with Gasteiger partial charge in [-0.2, -0.15) is 0 Å². The molecule has 2 rings (SSSR count). The second-order valence-electron chi connectivity index (χ2n) is 2.52. The summed E-state index contributed by atoms with van der Waals surface area (Å²) in [4.78, 5) is 5.54. The predicted molar refractivity (Wildman–Crippen MR) is 40.3 cm³/mol. The van der Waals surface area contributed by atoms with E-state index in [4.69, 9.17) is 4.74 Å². The highest BCUT2D eigenvalue weighted by Crippen LogP contribution is 2.20. The van der Waals surface area contributed by atoms with Gasteiger partial charge in [0.2, 0.25) is 0 Å². The van der Waals surface area contributed by atoms with E-state index in [9.17, 15) is 0 Å². The summed E-state index contributed by atoms with van der Waals surface area (Å²) in [5.74, 6) is 0. The number of rotatable bonds is 2. The zero-order valence-electron chi connectivity index (χ0n) is 5.83. The molecule has 0 radical (unpaired) electrons. The maximum atomic E-state index is 5.12. The fraction of sp³-hybridized carbons (Fsp3) is 0.571. The van der Waals surface area contributed by atoms with Crippen LogP contribution in [0, 0.1) is 6.92 Å². The Bertz CT molecular complexity index is 229. The van der Waals surface area contributed by atoms with Gasteiger partial charge in [0, 0.05) is 11.3 Å². The monoisotopic (exact) mass is 155 g/mol. The van der Waals surface area contributed by atoms with Crippen LogP contribution in [0.1, 0.15) is 10.6 Å². The first-order valence-electron chi connectivity index (χ1n) is 3.37. The van der Waals surface area contributed by atoms with E-state index in [1.807, 2.05) is 12.4 Å². The molecule has 0 bridgehead atoms. The van der Waals surface area contributed by atoms with Gasteiger partial charge in [0.15, 0.2) is 0 Å². The number of thiazole rings is 1. The number of ether oxygens (including phenoxy) is 1. The Labute approximate surface area is 63.9 Å². The Morgan fingerprint density at radius 3 is 3.20 bits per heavy atom. The molecule has 0 amide bonds. The highest BCUT2D eigenvalue weighted by atomic mass is 32.1. The summed E-state index contributed by atoms with van der Waals surface area (Å²) in [6.45, 7) is 2.99. The third-order valence-electron chi connectivity index (χ3n) is 1.66. The number of nitrogens with zero attached hydrogens (tertiary/aromatic N) is 1. The Hall–Kier alpha value is -0.410. The topological polar surface area (TPSA) is 25.4 Å². The van der Waals surface area contributed by atoms with E-state index < -0.39 is 0 Å². The van der Waals surface area contributed by atoms with Crippen molar-refractivity contribution < 1.29 is 4.74 Å². The molecule has 0 aliphatic carbocycles. The molecule has 1 atom stereocenters. The van der Waals surface area contributed by atoms with E-state index in [1.165, 1.54) is 10.6 Å². The van der Waals surface area contributed by atoms with E-state index >= 15 is 0 Å². The lowest BCUT2D eigenvalue weighted by atomic mass is 10.2. The van der Waals surface area contributed by atoms with Crippen molar-refractivity contribution in [3.63, 3.8) is 0 Å². The zero-order valence-corrected chi connectivity index (χ0v) is 6.65. The number of aromatic nitrogens is 1. The van der Waals surface area contributed by atoms with E-state index in [-0.39, 0.29) is 0 Å².